The number of nitrogens with one attached hydrogen (secondary N) is 2. The molecule has 4 heterocycles. The summed E-state index contributed by atoms with van der Waals surface area (Å²) in [7, 11) is 1.65. The molecule has 0 radical (unpaired) electrons. The molecule has 11 heteroatoms. The summed E-state index contributed by atoms with van der Waals surface area (Å²) < 4.78 is 24.1. The minimum absolute atomic E-state index is 0.371. The van der Waals surface area contributed by atoms with Gasteiger partial charge in [-0.25, -0.2) is 24.3 Å². The van der Waals surface area contributed by atoms with E-state index in [0.29, 0.717) is 44.7 Å². The number of imidazole rings is 2. The molecular formula is C32H28ClFN8O. The van der Waals surface area contributed by atoms with Crippen LogP contribution in [0.1, 0.15) is 30.6 Å². The van der Waals surface area contributed by atoms with Crippen LogP contribution in [0.25, 0.3) is 44.5 Å². The number of fused-ring (bicyclic) bond motifs is 6. The van der Waals surface area contributed by atoms with E-state index in [2.05, 4.69) is 22.2 Å². The van der Waals surface area contributed by atoms with Gasteiger partial charge in [0, 0.05) is 24.1 Å². The van der Waals surface area contributed by atoms with Gasteiger partial charge in [-0.2, -0.15) is 0 Å². The lowest BCUT2D eigenvalue weighted by Gasteiger charge is -2.16. The topological polar surface area (TPSA) is 93.7 Å². The first kappa shape index (κ1) is 26.9. The molecule has 3 aromatic carbocycles. The lowest BCUT2D eigenvalue weighted by molar-refractivity contribution is 0.415. The third kappa shape index (κ3) is 4.37. The molecular weight excluding hydrogens is 567 g/mol. The number of benzene rings is 3. The van der Waals surface area contributed by atoms with Gasteiger partial charge >= 0.3 is 0 Å². The van der Waals surface area contributed by atoms with Crippen molar-refractivity contribution in [3.05, 3.63) is 88.7 Å². The molecule has 0 unspecified atom stereocenters. The van der Waals surface area contributed by atoms with Crippen LogP contribution >= 0.6 is 11.6 Å². The molecule has 0 aliphatic carbocycles. The van der Waals surface area contributed by atoms with Gasteiger partial charge in [0.1, 0.15) is 34.2 Å². The van der Waals surface area contributed by atoms with Crippen molar-refractivity contribution < 1.29 is 9.13 Å². The fourth-order valence-corrected chi connectivity index (χ4v) is 5.91. The van der Waals surface area contributed by atoms with Crippen molar-refractivity contribution >= 4 is 56.3 Å². The molecule has 4 aromatic heterocycles. The Morgan fingerprint density at radius 3 is 2.16 bits per heavy atom. The number of hydrazine groups is 1. The number of aromatic nitrogens is 6. The van der Waals surface area contributed by atoms with E-state index in [0.717, 1.165) is 52.2 Å². The van der Waals surface area contributed by atoms with Crippen LogP contribution in [0.4, 0.5) is 16.0 Å². The van der Waals surface area contributed by atoms with Gasteiger partial charge in [-0.15, -0.1) is 0 Å². The molecule has 7 aromatic rings. The Balaban J connectivity index is 1.42. The molecule has 0 saturated heterocycles. The summed E-state index contributed by atoms with van der Waals surface area (Å²) in [6, 6.07) is 17.8. The zero-order chi connectivity index (χ0) is 29.8. The Labute approximate surface area is 251 Å². The van der Waals surface area contributed by atoms with Crippen molar-refractivity contribution in [1.82, 2.24) is 28.7 Å². The normalized spacial score (nSPS) is 11.7. The van der Waals surface area contributed by atoms with Crippen molar-refractivity contribution in [2.75, 3.05) is 18.0 Å². The maximum atomic E-state index is 14.5. The van der Waals surface area contributed by atoms with Crippen LogP contribution in [0.15, 0.2) is 60.7 Å². The molecule has 0 aliphatic heterocycles. The first-order chi connectivity index (χ1) is 20.9. The molecule has 0 spiro atoms. The summed E-state index contributed by atoms with van der Waals surface area (Å²) in [4.78, 5) is 19.6. The number of aryl methyl sites for hydroxylation is 3. The van der Waals surface area contributed by atoms with Crippen LogP contribution in [0.5, 0.6) is 5.75 Å². The first-order valence-electron chi connectivity index (χ1n) is 14.0. The highest BCUT2D eigenvalue weighted by atomic mass is 35.5. The largest absolute Gasteiger partial charge is 0.497 e. The van der Waals surface area contributed by atoms with E-state index in [4.69, 9.17) is 36.3 Å². The standard InChI is InChI=1S/C32H28ClFN8O/c1-5-8-27-35-17(2)28-30(38-24-14-12-20(43-4)16-26(24)41(27)28)39-40-31-29-18(3)36-32(21-9-6-7-10-22(21)33)42(29)25-15-19(34)11-13-23(25)37-31/h6-7,9-16H,5,8H2,1-4H3,(H,37,40)(H,38,39). The predicted molar refractivity (Wildman–Crippen MR) is 169 cm³/mol. The van der Waals surface area contributed by atoms with Crippen LogP contribution in [0.3, 0.4) is 0 Å². The van der Waals surface area contributed by atoms with E-state index >= 15 is 0 Å². The first-order valence-corrected chi connectivity index (χ1v) is 14.4. The molecule has 0 fully saturated rings. The number of hydrogen-bond donors (Lipinski definition) is 2. The third-order valence-electron chi connectivity index (χ3n) is 7.58. The second-order valence-corrected chi connectivity index (χ2v) is 10.8. The summed E-state index contributed by atoms with van der Waals surface area (Å²) in [5.41, 5.74) is 13.3. The van der Waals surface area contributed by atoms with Crippen LogP contribution in [-0.4, -0.2) is 35.8 Å². The lowest BCUT2D eigenvalue weighted by atomic mass is 10.2. The fraction of sp³-hybridized carbons (Fsp3) is 0.188. The van der Waals surface area contributed by atoms with Crippen molar-refractivity contribution in [2.24, 2.45) is 0 Å². The van der Waals surface area contributed by atoms with Gasteiger partial charge < -0.3 is 4.74 Å². The zero-order valence-corrected chi connectivity index (χ0v) is 24.8. The summed E-state index contributed by atoms with van der Waals surface area (Å²) in [5, 5.41) is 0.543. The SMILES string of the molecule is CCCc1nc(C)c2c(NNc3nc4ccc(F)cc4n4c(-c5ccccc5Cl)nc(C)c34)nc3ccc(OC)cc3n12. The number of rotatable bonds is 7. The molecule has 9 nitrogen and oxygen atoms in total. The highest BCUT2D eigenvalue weighted by Crippen LogP contribution is 2.35. The highest BCUT2D eigenvalue weighted by Gasteiger charge is 2.21. The van der Waals surface area contributed by atoms with Gasteiger partial charge in [-0.3, -0.25) is 19.7 Å². The second kappa shape index (κ2) is 10.4. The van der Waals surface area contributed by atoms with Crippen LogP contribution < -0.4 is 15.6 Å². The molecule has 43 heavy (non-hydrogen) atoms. The maximum absolute atomic E-state index is 14.5. The summed E-state index contributed by atoms with van der Waals surface area (Å²) in [5.74, 6) is 3.01. The van der Waals surface area contributed by atoms with Crippen molar-refractivity contribution in [2.45, 2.75) is 33.6 Å². The lowest BCUT2D eigenvalue weighted by Crippen LogP contribution is -2.15. The summed E-state index contributed by atoms with van der Waals surface area (Å²) in [6.45, 7) is 6.01. The van der Waals surface area contributed by atoms with Crippen LogP contribution in [0.2, 0.25) is 5.02 Å². The predicted octanol–water partition coefficient (Wildman–Crippen LogP) is 7.55. The third-order valence-corrected chi connectivity index (χ3v) is 7.91. The number of ether oxygens (including phenoxy) is 1. The van der Waals surface area contributed by atoms with Gasteiger partial charge in [0.2, 0.25) is 0 Å². The van der Waals surface area contributed by atoms with Crippen molar-refractivity contribution in [3.8, 4) is 17.1 Å². The van der Waals surface area contributed by atoms with Crippen molar-refractivity contribution in [3.63, 3.8) is 0 Å². The minimum Gasteiger partial charge on any atom is -0.497 e. The molecule has 216 valence electrons. The summed E-state index contributed by atoms with van der Waals surface area (Å²) >= 11 is 6.60. The van der Waals surface area contributed by atoms with E-state index in [1.807, 2.05) is 60.7 Å². The molecule has 0 saturated carbocycles. The molecule has 2 N–H and O–H groups in total. The molecule has 7 rings (SSSR count). The number of methoxy groups -OCH3 is 1. The Bertz CT molecular complexity index is 2210. The quantitative estimate of drug-likeness (QED) is 0.184. The molecule has 0 amide bonds. The van der Waals surface area contributed by atoms with Crippen LogP contribution in [0, 0.1) is 19.7 Å². The number of halogens is 2. The van der Waals surface area contributed by atoms with Gasteiger partial charge in [-0.1, -0.05) is 30.7 Å². The number of anilines is 2. The monoisotopic (exact) mass is 594 g/mol. The molecule has 0 bridgehead atoms. The van der Waals surface area contributed by atoms with Gasteiger partial charge in [0.05, 0.1) is 45.6 Å². The van der Waals surface area contributed by atoms with E-state index in [-0.39, 0.29) is 5.82 Å². The van der Waals surface area contributed by atoms with E-state index in [9.17, 15) is 4.39 Å². The van der Waals surface area contributed by atoms with Crippen LogP contribution in [-0.2, 0) is 6.42 Å². The fourth-order valence-electron chi connectivity index (χ4n) is 5.69. The van der Waals surface area contributed by atoms with Crippen molar-refractivity contribution in [1.29, 1.82) is 0 Å². The Hall–Kier alpha value is -4.96. The Kier molecular flexibility index (Phi) is 6.50. The van der Waals surface area contributed by atoms with Gasteiger partial charge in [0.15, 0.2) is 11.6 Å². The second-order valence-electron chi connectivity index (χ2n) is 10.4. The molecule has 0 aliphatic rings. The highest BCUT2D eigenvalue weighted by molar-refractivity contribution is 6.33. The number of nitrogens with zero attached hydrogens (tertiary/aromatic N) is 6. The van der Waals surface area contributed by atoms with E-state index < -0.39 is 0 Å². The smallest absolute Gasteiger partial charge is 0.171 e. The van der Waals surface area contributed by atoms with E-state index in [1.165, 1.54) is 12.1 Å². The van der Waals surface area contributed by atoms with Gasteiger partial charge in [0.25, 0.3) is 0 Å². The minimum atomic E-state index is -0.371. The number of hydrogen-bond acceptors (Lipinski definition) is 7. The Morgan fingerprint density at radius 1 is 0.814 bits per heavy atom. The maximum Gasteiger partial charge on any atom is 0.171 e. The molecule has 0 atom stereocenters. The van der Waals surface area contributed by atoms with Gasteiger partial charge in [-0.05, 0) is 56.7 Å². The van der Waals surface area contributed by atoms with E-state index in [1.54, 1.807) is 13.2 Å². The Morgan fingerprint density at radius 2 is 1.47 bits per heavy atom. The average molecular weight is 595 g/mol. The average Bonchev–Trinajstić information content (AvgIpc) is 3.53. The summed E-state index contributed by atoms with van der Waals surface area (Å²) in [6.07, 6.45) is 1.75. The zero-order valence-electron chi connectivity index (χ0n) is 24.0.